The molecular weight excluding hydrogens is 542 g/mol. The molecule has 0 saturated heterocycles. The van der Waals surface area contributed by atoms with Gasteiger partial charge in [0.1, 0.15) is 11.8 Å². The van der Waals surface area contributed by atoms with Crippen LogP contribution in [-0.2, 0) is 14.3 Å². The molecule has 2 aromatic rings. The minimum absolute atomic E-state index is 0.106. The normalized spacial score (nSPS) is 13.5. The van der Waals surface area contributed by atoms with E-state index in [-0.39, 0.29) is 37.6 Å². The monoisotopic (exact) mass is 560 g/mol. The molecule has 2 aromatic carbocycles. The summed E-state index contributed by atoms with van der Waals surface area (Å²) in [5.41, 5.74) is -0.0337. The summed E-state index contributed by atoms with van der Waals surface area (Å²) in [7, 11) is 1.49. The Kier molecular flexibility index (Phi) is 8.88. The average Bonchev–Trinajstić information content (AvgIpc) is 3.10. The fraction of sp³-hybridized carbons (Fsp3) is 0.304. The van der Waals surface area contributed by atoms with Gasteiger partial charge in [-0.2, -0.15) is 0 Å². The van der Waals surface area contributed by atoms with E-state index in [1.807, 2.05) is 6.92 Å². The van der Waals surface area contributed by atoms with Gasteiger partial charge in [-0.1, -0.05) is 72.2 Å². The van der Waals surface area contributed by atoms with E-state index >= 15 is 0 Å². The molecule has 0 fully saturated rings. The van der Waals surface area contributed by atoms with Crippen molar-refractivity contribution in [1.29, 1.82) is 0 Å². The standard InChI is InChI=1S/C23H20Cl4N2O6/c1-3-4-8-13(23(33)35-10-14(30)28-11-6-5-7-12(9-11)34-2)29-21(31)15-16(22(29)32)18(25)20(27)19(26)17(15)24/h5-7,9,13H,3-4,8,10H2,1-2H3,(H,28,30)/t13-/m0/s1. The number of esters is 1. The van der Waals surface area contributed by atoms with E-state index < -0.39 is 36.3 Å². The van der Waals surface area contributed by atoms with Crippen molar-refractivity contribution in [3.05, 3.63) is 55.5 Å². The number of ether oxygens (including phenoxy) is 2. The third-order valence-corrected chi connectivity index (χ3v) is 7.05. The van der Waals surface area contributed by atoms with Gasteiger partial charge < -0.3 is 14.8 Å². The largest absolute Gasteiger partial charge is 0.497 e. The molecule has 3 amide bonds. The van der Waals surface area contributed by atoms with E-state index in [1.165, 1.54) is 7.11 Å². The van der Waals surface area contributed by atoms with Crippen LogP contribution in [0.4, 0.5) is 5.69 Å². The Hall–Kier alpha value is -2.52. The minimum atomic E-state index is -1.31. The summed E-state index contributed by atoms with van der Waals surface area (Å²) >= 11 is 24.5. The Morgan fingerprint density at radius 2 is 1.60 bits per heavy atom. The molecular formula is C23H20Cl4N2O6. The molecule has 1 heterocycles. The summed E-state index contributed by atoms with van der Waals surface area (Å²) in [6.07, 6.45) is 1.27. The zero-order valence-electron chi connectivity index (χ0n) is 18.6. The van der Waals surface area contributed by atoms with Gasteiger partial charge in [0, 0.05) is 11.8 Å². The molecule has 35 heavy (non-hydrogen) atoms. The molecule has 0 saturated carbocycles. The molecule has 0 bridgehead atoms. The van der Waals surface area contributed by atoms with Gasteiger partial charge in [0.05, 0.1) is 38.3 Å². The average molecular weight is 562 g/mol. The molecule has 1 aliphatic rings. The molecule has 1 atom stereocenters. The number of unbranched alkanes of at least 4 members (excludes halogenated alkanes) is 1. The van der Waals surface area contributed by atoms with Crippen LogP contribution in [0.5, 0.6) is 5.75 Å². The summed E-state index contributed by atoms with van der Waals surface area (Å²) in [5.74, 6) is -2.72. The number of nitrogens with zero attached hydrogens (tertiary/aromatic N) is 1. The molecule has 1 N–H and O–H groups in total. The SMILES string of the molecule is CCCC[C@@H](C(=O)OCC(=O)Nc1cccc(OC)c1)N1C(=O)c2c(Cl)c(Cl)c(Cl)c(Cl)c2C1=O. The van der Waals surface area contributed by atoms with E-state index in [0.717, 1.165) is 4.90 Å². The van der Waals surface area contributed by atoms with Gasteiger partial charge in [0.25, 0.3) is 17.7 Å². The number of rotatable bonds is 9. The fourth-order valence-electron chi connectivity index (χ4n) is 3.53. The number of hydrogen-bond donors (Lipinski definition) is 1. The third-order valence-electron chi connectivity index (χ3n) is 5.25. The molecule has 0 aromatic heterocycles. The van der Waals surface area contributed by atoms with Crippen molar-refractivity contribution in [1.82, 2.24) is 4.90 Å². The minimum Gasteiger partial charge on any atom is -0.497 e. The first-order valence-corrected chi connectivity index (χ1v) is 12.0. The van der Waals surface area contributed by atoms with Crippen LogP contribution in [0, 0.1) is 0 Å². The predicted octanol–water partition coefficient (Wildman–Crippen LogP) is 5.65. The number of halogens is 4. The van der Waals surface area contributed by atoms with E-state index in [9.17, 15) is 19.2 Å². The van der Waals surface area contributed by atoms with Gasteiger partial charge in [-0.3, -0.25) is 19.3 Å². The smallest absolute Gasteiger partial charge is 0.329 e. The Morgan fingerprint density at radius 3 is 2.14 bits per heavy atom. The van der Waals surface area contributed by atoms with Gasteiger partial charge in [-0.05, 0) is 18.6 Å². The van der Waals surface area contributed by atoms with Crippen molar-refractivity contribution in [3.63, 3.8) is 0 Å². The summed E-state index contributed by atoms with van der Waals surface area (Å²) in [4.78, 5) is 52.3. The summed E-state index contributed by atoms with van der Waals surface area (Å²) < 4.78 is 10.3. The second kappa shape index (κ2) is 11.5. The highest BCUT2D eigenvalue weighted by atomic mass is 35.5. The maximum atomic E-state index is 13.2. The van der Waals surface area contributed by atoms with Crippen LogP contribution in [0.15, 0.2) is 24.3 Å². The van der Waals surface area contributed by atoms with E-state index in [1.54, 1.807) is 24.3 Å². The van der Waals surface area contributed by atoms with Crippen LogP contribution in [0.1, 0.15) is 46.9 Å². The van der Waals surface area contributed by atoms with E-state index in [4.69, 9.17) is 55.9 Å². The highest BCUT2D eigenvalue weighted by Crippen LogP contribution is 2.45. The summed E-state index contributed by atoms with van der Waals surface area (Å²) in [6, 6.07) is 5.30. The quantitative estimate of drug-likeness (QED) is 0.184. The van der Waals surface area contributed by atoms with Crippen LogP contribution in [0.3, 0.4) is 0 Å². The van der Waals surface area contributed by atoms with Gasteiger partial charge in [-0.25, -0.2) is 4.79 Å². The number of imide groups is 1. The zero-order valence-corrected chi connectivity index (χ0v) is 21.6. The van der Waals surface area contributed by atoms with Crippen molar-refractivity contribution in [3.8, 4) is 5.75 Å². The number of anilines is 1. The topological polar surface area (TPSA) is 102 Å². The van der Waals surface area contributed by atoms with Crippen LogP contribution in [0.25, 0.3) is 0 Å². The lowest BCUT2D eigenvalue weighted by Gasteiger charge is -2.24. The van der Waals surface area contributed by atoms with Gasteiger partial charge in [0.15, 0.2) is 6.61 Å². The van der Waals surface area contributed by atoms with Crippen molar-refractivity contribution >= 4 is 75.8 Å². The number of hydrogen-bond acceptors (Lipinski definition) is 6. The first-order valence-electron chi connectivity index (χ1n) is 10.5. The first kappa shape index (κ1) is 27.1. The Morgan fingerprint density at radius 1 is 1.00 bits per heavy atom. The molecule has 0 radical (unpaired) electrons. The fourth-order valence-corrected chi connectivity index (χ4v) is 4.54. The highest BCUT2D eigenvalue weighted by molar-refractivity contribution is 6.55. The Balaban J connectivity index is 1.79. The molecule has 3 rings (SSSR count). The lowest BCUT2D eigenvalue weighted by atomic mass is 10.1. The summed E-state index contributed by atoms with van der Waals surface area (Å²) in [6.45, 7) is 1.24. The van der Waals surface area contributed by atoms with Crippen LogP contribution >= 0.6 is 46.4 Å². The first-order chi connectivity index (χ1) is 16.6. The third kappa shape index (κ3) is 5.51. The molecule has 0 aliphatic carbocycles. The number of benzene rings is 2. The predicted molar refractivity (Wildman–Crippen MR) is 133 cm³/mol. The van der Waals surface area contributed by atoms with Crippen LogP contribution in [0.2, 0.25) is 20.1 Å². The number of carbonyl (C=O) groups excluding carboxylic acids is 4. The van der Waals surface area contributed by atoms with E-state index in [0.29, 0.717) is 24.3 Å². The van der Waals surface area contributed by atoms with Gasteiger partial charge in [-0.15, -0.1) is 0 Å². The number of carbonyl (C=O) groups is 4. The Bertz CT molecular complexity index is 1160. The molecule has 12 heteroatoms. The van der Waals surface area contributed by atoms with Gasteiger partial charge in [0.2, 0.25) is 0 Å². The molecule has 8 nitrogen and oxygen atoms in total. The Labute approximate surface area is 221 Å². The molecule has 186 valence electrons. The van der Waals surface area contributed by atoms with Gasteiger partial charge >= 0.3 is 5.97 Å². The number of methoxy groups -OCH3 is 1. The van der Waals surface area contributed by atoms with E-state index in [2.05, 4.69) is 5.32 Å². The second-order valence-corrected chi connectivity index (χ2v) is 9.04. The van der Waals surface area contributed by atoms with Crippen molar-refractivity contribution in [2.45, 2.75) is 32.2 Å². The number of nitrogens with one attached hydrogen (secondary N) is 1. The lowest BCUT2D eigenvalue weighted by molar-refractivity contribution is -0.151. The number of amides is 3. The molecule has 1 aliphatic heterocycles. The van der Waals surface area contributed by atoms with Crippen LogP contribution in [-0.4, -0.2) is 48.3 Å². The molecule has 0 unspecified atom stereocenters. The number of fused-ring (bicyclic) bond motifs is 1. The highest BCUT2D eigenvalue weighted by Gasteiger charge is 2.47. The maximum Gasteiger partial charge on any atom is 0.329 e. The lowest BCUT2D eigenvalue weighted by Crippen LogP contribution is -2.46. The maximum absolute atomic E-state index is 13.2. The second-order valence-electron chi connectivity index (χ2n) is 7.53. The van der Waals surface area contributed by atoms with Crippen LogP contribution < -0.4 is 10.1 Å². The molecule has 0 spiro atoms. The van der Waals surface area contributed by atoms with Crippen molar-refractivity contribution < 1.29 is 28.7 Å². The zero-order chi connectivity index (χ0) is 25.9. The van der Waals surface area contributed by atoms with Crippen molar-refractivity contribution in [2.24, 2.45) is 0 Å². The van der Waals surface area contributed by atoms with Crippen molar-refractivity contribution in [2.75, 3.05) is 19.0 Å². The summed E-state index contributed by atoms with van der Waals surface area (Å²) in [5, 5.41) is 1.74.